The van der Waals surface area contributed by atoms with Gasteiger partial charge in [-0.15, -0.1) is 0 Å². The van der Waals surface area contributed by atoms with Gasteiger partial charge in [0.2, 0.25) is 5.95 Å². The molecule has 0 saturated heterocycles. The zero-order valence-electron chi connectivity index (χ0n) is 42.2. The third kappa shape index (κ3) is 9.48. The van der Waals surface area contributed by atoms with E-state index in [9.17, 15) is 0 Å². The van der Waals surface area contributed by atoms with E-state index in [2.05, 4.69) is 259 Å². The lowest BCUT2D eigenvalue weighted by Gasteiger charge is -2.52. The zero-order chi connectivity index (χ0) is 50.6. The Morgan fingerprint density at radius 1 is 0.289 bits per heavy atom. The van der Waals surface area contributed by atoms with E-state index in [0.29, 0.717) is 32.0 Å². The maximum absolute atomic E-state index is 5.64. The van der Waals surface area contributed by atoms with Gasteiger partial charge in [0.05, 0.1) is 11.4 Å². The number of hydrogen-bond donors (Lipinski definition) is 3. The summed E-state index contributed by atoms with van der Waals surface area (Å²) in [6.45, 7) is 1.80. The van der Waals surface area contributed by atoms with E-state index in [1.165, 1.54) is 76.5 Å². The molecule has 76 heavy (non-hydrogen) atoms. The molecule has 0 unspecified atom stereocenters. The van der Waals surface area contributed by atoms with Crippen LogP contribution in [0.3, 0.4) is 0 Å². The van der Waals surface area contributed by atoms with Crippen molar-refractivity contribution in [2.75, 3.05) is 16.0 Å². The molecule has 7 nitrogen and oxygen atoms in total. The van der Waals surface area contributed by atoms with Crippen LogP contribution in [0.15, 0.2) is 243 Å². The zero-order valence-corrected chi connectivity index (χ0v) is 42.2. The highest BCUT2D eigenvalue weighted by Gasteiger charge is 2.54. The van der Waals surface area contributed by atoms with Crippen molar-refractivity contribution in [3.8, 4) is 0 Å². The molecule has 12 aromatic rings. The van der Waals surface area contributed by atoms with Crippen molar-refractivity contribution in [3.05, 3.63) is 293 Å². The summed E-state index contributed by atoms with van der Waals surface area (Å²) in [5, 5.41) is 21.2. The van der Waals surface area contributed by atoms with Crippen LogP contribution in [0.4, 0.5) is 17.6 Å². The number of rotatable bonds is 16. The molecule has 0 amide bonds. The summed E-state index contributed by atoms with van der Waals surface area (Å²) >= 11 is 0. The van der Waals surface area contributed by atoms with Crippen LogP contribution >= 0.6 is 0 Å². The average Bonchev–Trinajstić information content (AvgIpc) is 3.50. The summed E-state index contributed by atoms with van der Waals surface area (Å²) in [6, 6.07) is 87.0. The van der Waals surface area contributed by atoms with E-state index in [1.54, 1.807) is 0 Å². The average molecular weight is 984 g/mol. The van der Waals surface area contributed by atoms with Crippen LogP contribution in [0.2, 0.25) is 0 Å². The predicted molar refractivity (Wildman–Crippen MR) is 313 cm³/mol. The maximum atomic E-state index is 5.64. The second kappa shape index (κ2) is 21.0. The minimum absolute atomic E-state index is 0.0126. The van der Waals surface area contributed by atoms with Crippen molar-refractivity contribution < 1.29 is 0 Å². The molecule has 3 N–H and O–H groups in total. The van der Waals surface area contributed by atoms with Crippen molar-refractivity contribution in [1.29, 1.82) is 0 Å². The first-order valence-corrected chi connectivity index (χ1v) is 26.6. The van der Waals surface area contributed by atoms with E-state index >= 15 is 0 Å². The summed E-state index contributed by atoms with van der Waals surface area (Å²) in [5.74, 6) is 3.01. The number of benzene rings is 10. The van der Waals surface area contributed by atoms with Gasteiger partial charge in [-0.3, -0.25) is 0 Å². The van der Waals surface area contributed by atoms with Crippen molar-refractivity contribution in [1.82, 2.24) is 19.9 Å². The van der Waals surface area contributed by atoms with Gasteiger partial charge in [-0.2, -0.15) is 4.98 Å². The predicted octanol–water partition coefficient (Wildman–Crippen LogP) is 15.9. The van der Waals surface area contributed by atoms with E-state index in [1.807, 2.05) is 0 Å². The van der Waals surface area contributed by atoms with E-state index in [0.717, 1.165) is 35.3 Å². The Balaban J connectivity index is 0.921. The summed E-state index contributed by atoms with van der Waals surface area (Å²) in [7, 11) is 0. The van der Waals surface area contributed by atoms with E-state index < -0.39 is 0 Å². The highest BCUT2D eigenvalue weighted by Crippen LogP contribution is 2.66. The molecule has 1 aliphatic carbocycles. The highest BCUT2D eigenvalue weighted by atomic mass is 15.1. The van der Waals surface area contributed by atoms with Crippen molar-refractivity contribution >= 4 is 60.7 Å². The Morgan fingerprint density at radius 2 is 0.658 bits per heavy atom. The van der Waals surface area contributed by atoms with Crippen molar-refractivity contribution in [3.63, 3.8) is 0 Å². The fourth-order valence-corrected chi connectivity index (χ4v) is 12.0. The summed E-state index contributed by atoms with van der Waals surface area (Å²) in [6.07, 6.45) is 1.51. The van der Waals surface area contributed by atoms with Crippen molar-refractivity contribution in [2.24, 2.45) is 0 Å². The second-order valence-corrected chi connectivity index (χ2v) is 20.1. The topological polar surface area (TPSA) is 87.7 Å². The molecule has 368 valence electrons. The minimum Gasteiger partial charge on any atom is -0.366 e. The fourth-order valence-electron chi connectivity index (χ4n) is 12.0. The molecule has 0 aliphatic heterocycles. The summed E-state index contributed by atoms with van der Waals surface area (Å²) < 4.78 is 0. The molecule has 10 aromatic carbocycles. The fraction of sp³-hybridized carbons (Fsp3) is 0.130. The van der Waals surface area contributed by atoms with Crippen LogP contribution in [0, 0.1) is 0 Å². The van der Waals surface area contributed by atoms with Crippen LogP contribution in [-0.2, 0) is 32.5 Å². The van der Waals surface area contributed by atoms with Crippen LogP contribution in [-0.4, -0.2) is 19.9 Å². The number of anilines is 3. The van der Waals surface area contributed by atoms with Gasteiger partial charge in [0.1, 0.15) is 17.5 Å². The molecular weight excluding hydrogens is 927 g/mol. The quantitative estimate of drug-likeness (QED) is 0.0889. The third-order valence-corrected chi connectivity index (χ3v) is 15.6. The molecule has 1 saturated carbocycles. The maximum Gasteiger partial charge on any atom is 0.225 e. The Bertz CT molecular complexity index is 3520. The van der Waals surface area contributed by atoms with Crippen LogP contribution in [0.5, 0.6) is 0 Å². The molecular formula is C69H57N7. The van der Waals surface area contributed by atoms with E-state index in [-0.39, 0.29) is 23.7 Å². The lowest BCUT2D eigenvalue weighted by molar-refractivity contribution is 0.219. The number of nitrogens with zero attached hydrogens (tertiary/aromatic N) is 4. The summed E-state index contributed by atoms with van der Waals surface area (Å²) in [5.41, 5.74) is 9.43. The normalized spacial score (nSPS) is 16.2. The Hall–Kier alpha value is -9.20. The molecule has 0 radical (unpaired) electrons. The Labute approximate surface area is 443 Å². The number of hydrogen-bond acceptors (Lipinski definition) is 7. The molecule has 2 atom stereocenters. The monoisotopic (exact) mass is 983 g/mol. The molecule has 1 aliphatic rings. The Morgan fingerprint density at radius 3 is 1.13 bits per heavy atom. The standard InChI is InChI=1S/C69H57N7/c1-3-23-51(24-4-1)65-67(60-41-63(70-43-53-32-16-28-47-20-8-12-36-57(47)53)75-62(73-60)40-39-50-31-15-27-46-19-7-11-35-56(46)50)66(52-25-5-2-6-26-52)68(65)61-42-64(71-44-54-33-17-29-48-21-9-13-37-58(48)54)76-69(74-61)72-45-55-34-18-30-49-22-10-14-38-59(49)55/h1-38,41-42,65-68H,39-40,43-45H2,(H,70,73,75)(H2,71,72,74,76)/t65-,66-,67?,68?/m1/s1. The molecule has 2 aromatic heterocycles. The van der Waals surface area contributed by atoms with Gasteiger partial charge in [-0.1, -0.05) is 231 Å². The van der Waals surface area contributed by atoms with E-state index in [4.69, 9.17) is 19.9 Å². The van der Waals surface area contributed by atoms with Gasteiger partial charge in [-0.25, -0.2) is 15.0 Å². The van der Waals surface area contributed by atoms with Crippen molar-refractivity contribution in [2.45, 2.75) is 56.1 Å². The largest absolute Gasteiger partial charge is 0.366 e. The number of aryl methyl sites for hydroxylation is 2. The highest BCUT2D eigenvalue weighted by molar-refractivity contribution is 5.88. The second-order valence-electron chi connectivity index (χ2n) is 20.1. The number of fused-ring (bicyclic) bond motifs is 4. The molecule has 13 rings (SSSR count). The first kappa shape index (κ1) is 46.6. The molecule has 2 heterocycles. The van der Waals surface area contributed by atoms with Crippen LogP contribution in [0.1, 0.15) is 74.3 Å². The molecule has 0 spiro atoms. The van der Waals surface area contributed by atoms with Gasteiger partial charge >= 0.3 is 0 Å². The molecule has 1 fully saturated rings. The van der Waals surface area contributed by atoms with Gasteiger partial charge in [0, 0.05) is 61.9 Å². The first-order valence-electron chi connectivity index (χ1n) is 26.6. The van der Waals surface area contributed by atoms with Crippen LogP contribution < -0.4 is 16.0 Å². The molecule has 7 heteroatoms. The Kier molecular flexibility index (Phi) is 12.8. The first-order chi connectivity index (χ1) is 37.7. The SMILES string of the molecule is c1ccc([C@@H]2C(c3cc(NCc4cccc5ccccc45)nc(CCc4cccc5ccccc45)n3)[C@@H](c3ccccc3)C2c2cc(NCc3cccc4ccccc34)nc(NCc3cccc4ccccc34)n2)cc1. The van der Waals surface area contributed by atoms with Gasteiger partial charge in [0.25, 0.3) is 0 Å². The minimum atomic E-state index is -0.0322. The van der Waals surface area contributed by atoms with Gasteiger partial charge in [-0.05, 0) is 82.9 Å². The van der Waals surface area contributed by atoms with Gasteiger partial charge < -0.3 is 16.0 Å². The van der Waals surface area contributed by atoms with Crippen LogP contribution in [0.25, 0.3) is 43.1 Å². The number of aromatic nitrogens is 4. The lowest BCUT2D eigenvalue weighted by atomic mass is 9.50. The smallest absolute Gasteiger partial charge is 0.225 e. The molecule has 0 bridgehead atoms. The summed E-state index contributed by atoms with van der Waals surface area (Å²) in [4.78, 5) is 21.7. The lowest BCUT2D eigenvalue weighted by Crippen LogP contribution is -2.41. The third-order valence-electron chi connectivity index (χ3n) is 15.6. The van der Waals surface area contributed by atoms with Gasteiger partial charge in [0.15, 0.2) is 0 Å². The number of nitrogens with one attached hydrogen (secondary N) is 3.